The Morgan fingerprint density at radius 3 is 2.61 bits per heavy atom. The van der Waals surface area contributed by atoms with Gasteiger partial charge in [-0.05, 0) is 48.4 Å². The summed E-state index contributed by atoms with van der Waals surface area (Å²) >= 11 is 8.68. The van der Waals surface area contributed by atoms with Gasteiger partial charge in [-0.1, -0.05) is 23.7 Å². The maximum atomic E-state index is 12.9. The number of hydrogen-bond donors (Lipinski definition) is 1. The molecule has 1 aliphatic heterocycles. The molecule has 5 rings (SSSR count). The number of ether oxygens (including phenoxy) is 1. The Morgan fingerprint density at radius 2 is 1.89 bits per heavy atom. The lowest BCUT2D eigenvalue weighted by molar-refractivity contribution is -0.113. The summed E-state index contributed by atoms with van der Waals surface area (Å²) in [5.41, 5.74) is 2.61. The van der Waals surface area contributed by atoms with E-state index in [0.717, 1.165) is 31.2 Å². The zero-order valence-corrected chi connectivity index (χ0v) is 22.2. The molecule has 0 fully saturated rings. The van der Waals surface area contributed by atoms with Gasteiger partial charge in [-0.15, -0.1) is 22.7 Å². The lowest BCUT2D eigenvalue weighted by atomic mass is 10.0. The fraction of sp³-hybridized carbons (Fsp3) is 0.208. The normalized spacial score (nSPS) is 13.4. The Balaban J connectivity index is 1.49. The number of amides is 2. The van der Waals surface area contributed by atoms with Crippen molar-refractivity contribution in [3.05, 3.63) is 64.0 Å². The maximum Gasteiger partial charge on any atom is 0.409 e. The first kappa shape index (κ1) is 24.7. The van der Waals surface area contributed by atoms with Crippen LogP contribution in [0.25, 0.3) is 20.8 Å². The zero-order valence-electron chi connectivity index (χ0n) is 19.0. The monoisotopic (exact) mass is 561 g/mol. The molecule has 1 aliphatic rings. The molecule has 2 aromatic heterocycles. The Morgan fingerprint density at radius 1 is 1.14 bits per heavy atom. The standard InChI is InChI=1S/C24H20ClN3O5S3/c1-33-24(30)28-11-10-16-19(12-28)35-23(21(16)22-26-17-4-2-3-5-18(17)34-22)27-20(29)13-36(31,32)15-8-6-14(25)7-9-15/h2-9H,10-13H2,1H3,(H,27,29). The predicted octanol–water partition coefficient (Wildman–Crippen LogP) is 5.22. The molecule has 1 N–H and O–H groups in total. The molecule has 12 heteroatoms. The maximum absolute atomic E-state index is 12.9. The molecule has 0 radical (unpaired) electrons. The molecular formula is C24H20ClN3O5S3. The molecule has 3 heterocycles. The molecular weight excluding hydrogens is 542 g/mol. The number of thiophene rings is 1. The van der Waals surface area contributed by atoms with Crippen LogP contribution in [0.2, 0.25) is 5.02 Å². The summed E-state index contributed by atoms with van der Waals surface area (Å²) in [6.45, 7) is 0.802. The number of fused-ring (bicyclic) bond motifs is 2. The second-order valence-electron chi connectivity index (χ2n) is 8.10. The van der Waals surface area contributed by atoms with E-state index in [0.29, 0.717) is 29.5 Å². The molecule has 36 heavy (non-hydrogen) atoms. The number of anilines is 1. The number of hydrogen-bond acceptors (Lipinski definition) is 8. The van der Waals surface area contributed by atoms with E-state index >= 15 is 0 Å². The number of nitrogens with one attached hydrogen (secondary N) is 1. The third-order valence-electron chi connectivity index (χ3n) is 5.74. The van der Waals surface area contributed by atoms with Gasteiger partial charge in [0.2, 0.25) is 5.91 Å². The number of carbonyl (C=O) groups excluding carboxylic acids is 2. The van der Waals surface area contributed by atoms with Gasteiger partial charge >= 0.3 is 6.09 Å². The van der Waals surface area contributed by atoms with Crippen LogP contribution in [0.3, 0.4) is 0 Å². The highest BCUT2D eigenvalue weighted by molar-refractivity contribution is 7.92. The van der Waals surface area contributed by atoms with Crippen LogP contribution < -0.4 is 5.32 Å². The van der Waals surface area contributed by atoms with Crippen LogP contribution in [-0.2, 0) is 32.3 Å². The van der Waals surface area contributed by atoms with Crippen LogP contribution in [0.1, 0.15) is 10.4 Å². The van der Waals surface area contributed by atoms with E-state index in [1.54, 1.807) is 4.90 Å². The minimum Gasteiger partial charge on any atom is -0.453 e. The van der Waals surface area contributed by atoms with Crippen LogP contribution in [-0.4, -0.2) is 49.7 Å². The van der Waals surface area contributed by atoms with E-state index in [-0.39, 0.29) is 4.90 Å². The summed E-state index contributed by atoms with van der Waals surface area (Å²) in [5.74, 6) is -1.37. The van der Waals surface area contributed by atoms with Gasteiger partial charge in [-0.25, -0.2) is 18.2 Å². The SMILES string of the molecule is COC(=O)N1CCc2c(sc(NC(=O)CS(=O)(=O)c3ccc(Cl)cc3)c2-c2nc3ccccc3s2)C1. The fourth-order valence-electron chi connectivity index (χ4n) is 4.04. The smallest absolute Gasteiger partial charge is 0.409 e. The molecule has 0 spiro atoms. The third kappa shape index (κ3) is 4.83. The first-order valence-electron chi connectivity index (χ1n) is 10.9. The van der Waals surface area contributed by atoms with E-state index in [9.17, 15) is 18.0 Å². The number of nitrogens with zero attached hydrogens (tertiary/aromatic N) is 2. The minimum atomic E-state index is -3.87. The summed E-state index contributed by atoms with van der Waals surface area (Å²) in [4.78, 5) is 32.3. The summed E-state index contributed by atoms with van der Waals surface area (Å²) in [5, 5.41) is 4.47. The summed E-state index contributed by atoms with van der Waals surface area (Å²) in [6.07, 6.45) is 0.140. The van der Waals surface area contributed by atoms with Crippen molar-refractivity contribution in [2.75, 3.05) is 24.7 Å². The van der Waals surface area contributed by atoms with Crippen LogP contribution in [0.15, 0.2) is 53.4 Å². The van der Waals surface area contributed by atoms with E-state index in [1.165, 1.54) is 54.0 Å². The topological polar surface area (TPSA) is 106 Å². The zero-order chi connectivity index (χ0) is 25.4. The summed E-state index contributed by atoms with van der Waals surface area (Å²) in [6, 6.07) is 13.4. The van der Waals surface area contributed by atoms with Crippen molar-refractivity contribution in [1.82, 2.24) is 9.88 Å². The number of benzene rings is 2. The third-order valence-corrected chi connectivity index (χ3v) is 9.81. The molecule has 186 valence electrons. The number of carbonyl (C=O) groups is 2. The second kappa shape index (κ2) is 9.81. The molecule has 2 aromatic carbocycles. The van der Waals surface area contributed by atoms with Gasteiger partial charge in [0, 0.05) is 22.0 Å². The lowest BCUT2D eigenvalue weighted by Gasteiger charge is -2.25. The fourth-order valence-corrected chi connectivity index (χ4v) is 7.69. The van der Waals surface area contributed by atoms with Crippen molar-refractivity contribution in [2.45, 2.75) is 17.9 Å². The van der Waals surface area contributed by atoms with Gasteiger partial charge in [0.05, 0.1) is 28.8 Å². The summed E-state index contributed by atoms with van der Waals surface area (Å²) in [7, 11) is -2.53. The van der Waals surface area contributed by atoms with Gasteiger partial charge in [-0.2, -0.15) is 0 Å². The van der Waals surface area contributed by atoms with E-state index in [1.807, 2.05) is 24.3 Å². The molecule has 0 aliphatic carbocycles. The van der Waals surface area contributed by atoms with E-state index in [4.69, 9.17) is 21.3 Å². The highest BCUT2D eigenvalue weighted by Crippen LogP contribution is 2.45. The van der Waals surface area contributed by atoms with Crippen LogP contribution >= 0.6 is 34.3 Å². The van der Waals surface area contributed by atoms with Gasteiger partial charge in [0.15, 0.2) is 9.84 Å². The van der Waals surface area contributed by atoms with Crippen molar-refractivity contribution in [3.8, 4) is 10.6 Å². The average Bonchev–Trinajstić information content (AvgIpc) is 3.43. The molecule has 2 amide bonds. The number of methoxy groups -OCH3 is 1. The van der Waals surface area contributed by atoms with Crippen LogP contribution in [0.4, 0.5) is 9.80 Å². The van der Waals surface area contributed by atoms with Crippen molar-refractivity contribution in [2.24, 2.45) is 0 Å². The number of para-hydroxylation sites is 1. The number of sulfone groups is 1. The predicted molar refractivity (Wildman–Crippen MR) is 142 cm³/mol. The van der Waals surface area contributed by atoms with Gasteiger partial charge in [0.1, 0.15) is 15.8 Å². The van der Waals surface area contributed by atoms with Crippen LogP contribution in [0.5, 0.6) is 0 Å². The Bertz CT molecular complexity index is 1550. The highest BCUT2D eigenvalue weighted by atomic mass is 35.5. The number of halogens is 1. The first-order chi connectivity index (χ1) is 17.2. The van der Waals surface area contributed by atoms with Crippen molar-refractivity contribution >= 4 is 71.3 Å². The van der Waals surface area contributed by atoms with E-state index < -0.39 is 27.6 Å². The molecule has 4 aromatic rings. The van der Waals surface area contributed by atoms with Gasteiger partial charge in [0.25, 0.3) is 0 Å². The molecule has 0 atom stereocenters. The first-order valence-corrected chi connectivity index (χ1v) is 14.5. The number of rotatable bonds is 5. The molecule has 0 bridgehead atoms. The van der Waals surface area contributed by atoms with Crippen molar-refractivity contribution in [1.29, 1.82) is 0 Å². The average molecular weight is 562 g/mol. The largest absolute Gasteiger partial charge is 0.453 e. The number of aromatic nitrogens is 1. The van der Waals surface area contributed by atoms with E-state index in [2.05, 4.69) is 5.32 Å². The number of thiazole rings is 1. The minimum absolute atomic E-state index is 0.0210. The Hall–Kier alpha value is -2.99. The van der Waals surface area contributed by atoms with Crippen LogP contribution in [0, 0.1) is 0 Å². The van der Waals surface area contributed by atoms with Gasteiger partial charge in [-0.3, -0.25) is 4.79 Å². The molecule has 8 nitrogen and oxygen atoms in total. The molecule has 0 unspecified atom stereocenters. The lowest BCUT2D eigenvalue weighted by Crippen LogP contribution is -2.35. The van der Waals surface area contributed by atoms with Crippen molar-refractivity contribution in [3.63, 3.8) is 0 Å². The van der Waals surface area contributed by atoms with Crippen molar-refractivity contribution < 1.29 is 22.7 Å². The molecule has 0 saturated heterocycles. The Kier molecular flexibility index (Phi) is 6.73. The highest BCUT2D eigenvalue weighted by Gasteiger charge is 2.30. The summed E-state index contributed by atoms with van der Waals surface area (Å²) < 4.78 is 31.5. The Labute approximate surface area is 220 Å². The quantitative estimate of drug-likeness (QED) is 0.358. The van der Waals surface area contributed by atoms with Gasteiger partial charge < -0.3 is 15.0 Å². The molecule has 0 saturated carbocycles. The second-order valence-corrected chi connectivity index (χ2v) is 12.7.